The monoisotopic (exact) mass is 500 g/mol. The van der Waals surface area contributed by atoms with Gasteiger partial charge in [0, 0.05) is 29.0 Å². The fraction of sp³-hybridized carbons (Fsp3) is 0. The number of hydrogen-bond donors (Lipinski definition) is 0. The maximum absolute atomic E-state index is 10.9. The van der Waals surface area contributed by atoms with Crippen LogP contribution in [0, 0.1) is 0 Å². The summed E-state index contributed by atoms with van der Waals surface area (Å²) in [5.41, 5.74) is -0.969. The van der Waals surface area contributed by atoms with Gasteiger partial charge in [-0.05, 0) is 63.7 Å². The first-order chi connectivity index (χ1) is 7.29. The van der Waals surface area contributed by atoms with Crippen molar-refractivity contribution in [3.63, 3.8) is 0 Å². The molecule has 0 saturated heterocycles. The van der Waals surface area contributed by atoms with Gasteiger partial charge in [0.25, 0.3) is 0 Å². The number of carbonyl (C=O) groups excluding carboxylic acids is 2. The van der Waals surface area contributed by atoms with E-state index in [4.69, 9.17) is 0 Å². The Hall–Kier alpha value is 0.846. The molecule has 0 atom stereocenters. The molecule has 86 valence electrons. The predicted molar refractivity (Wildman–Crippen MR) is 71.7 cm³/mol. The first-order valence-electron chi connectivity index (χ1n) is 3.57. The molecule has 0 heterocycles. The molecule has 0 saturated carbocycles. The number of carbonyl (C=O) groups is 2. The van der Waals surface area contributed by atoms with Crippen molar-refractivity contribution in [1.29, 1.82) is 0 Å². The zero-order chi connectivity index (χ0) is 12.6. The van der Waals surface area contributed by atoms with Gasteiger partial charge in [-0.25, -0.2) is 0 Å². The second kappa shape index (κ2) is 6.85. The van der Waals surface area contributed by atoms with Gasteiger partial charge in [0.2, 0.25) is 0 Å². The Kier molecular flexibility index (Phi) is 7.19. The van der Waals surface area contributed by atoms with Crippen molar-refractivity contribution in [3.05, 3.63) is 29.0 Å². The van der Waals surface area contributed by atoms with Crippen molar-refractivity contribution in [2.24, 2.45) is 0 Å². The van der Waals surface area contributed by atoms with Gasteiger partial charge >= 0.3 is 23.1 Å². The van der Waals surface area contributed by atoms with E-state index in [0.717, 1.165) is 0 Å². The molecule has 0 unspecified atom stereocenters. The number of aromatic carboxylic acids is 2. The number of carboxylic acids is 2. The van der Waals surface area contributed by atoms with Crippen LogP contribution in [0.25, 0.3) is 0 Å². The number of rotatable bonds is 2. The molecule has 0 bridgehead atoms. The molecule has 0 fully saturated rings. The van der Waals surface area contributed by atoms with E-state index in [-0.39, 0.29) is 32.0 Å². The number of benzene rings is 1. The minimum atomic E-state index is -1.61. The Morgan fingerprint density at radius 2 is 0.941 bits per heavy atom. The van der Waals surface area contributed by atoms with Gasteiger partial charge in [-0.15, -0.1) is 0 Å². The predicted octanol–water partition coefficient (Wildman–Crippen LogP) is 1.08. The Balaban J connectivity index is 0.00000256. The Morgan fingerprint density at radius 3 is 1.12 bits per heavy atom. The van der Waals surface area contributed by atoms with Crippen molar-refractivity contribution in [2.45, 2.75) is 0 Å². The minimum Gasteiger partial charge on any atom is -0.545 e. The van der Waals surface area contributed by atoms with E-state index in [1.807, 2.05) is 0 Å². The molecule has 1 aromatic carbocycles. The van der Waals surface area contributed by atoms with Crippen molar-refractivity contribution in [2.75, 3.05) is 0 Å². The van der Waals surface area contributed by atoms with Crippen LogP contribution in [-0.4, -0.2) is 35.0 Å². The van der Waals surface area contributed by atoms with E-state index in [2.05, 4.69) is 63.7 Å². The standard InChI is InChI=1S/C8H2Br4O4.Mg/c9-3-1(7(13)14)2(8(15)16)4(10)6(12)5(3)11;/h(H,13,14)(H,15,16);/q;+2/p-2. The summed E-state index contributed by atoms with van der Waals surface area (Å²) in [5, 5.41) is 21.7. The van der Waals surface area contributed by atoms with Crippen molar-refractivity contribution in [1.82, 2.24) is 0 Å². The zero-order valence-electron chi connectivity index (χ0n) is 7.85. The van der Waals surface area contributed by atoms with Crippen LogP contribution >= 0.6 is 63.7 Å². The molecule has 0 N–H and O–H groups in total. The molecule has 1 rings (SSSR count). The molecule has 0 amide bonds. The molecule has 0 spiro atoms. The van der Waals surface area contributed by atoms with E-state index in [1.54, 1.807) is 0 Å². The third-order valence-corrected chi connectivity index (χ3v) is 6.44. The quantitative estimate of drug-likeness (QED) is 0.344. The van der Waals surface area contributed by atoms with Crippen molar-refractivity contribution in [3.8, 4) is 0 Å². The van der Waals surface area contributed by atoms with Crippen molar-refractivity contribution < 1.29 is 19.8 Å². The second-order valence-corrected chi connectivity index (χ2v) is 5.75. The minimum absolute atomic E-state index is 0. The van der Waals surface area contributed by atoms with Crippen LogP contribution in [0.5, 0.6) is 0 Å². The molecule has 0 aliphatic heterocycles. The average molecular weight is 504 g/mol. The molecule has 1 aromatic rings. The van der Waals surface area contributed by atoms with Gasteiger partial charge in [-0.3, -0.25) is 0 Å². The Labute approximate surface area is 146 Å². The summed E-state index contributed by atoms with van der Waals surface area (Å²) in [7, 11) is 0. The molecule has 0 aliphatic carbocycles. The van der Waals surface area contributed by atoms with Gasteiger partial charge in [-0.2, -0.15) is 0 Å². The summed E-state index contributed by atoms with van der Waals surface area (Å²) in [4.78, 5) is 21.7. The second-order valence-electron chi connectivity index (χ2n) is 2.58. The normalized spacial score (nSPS) is 9.65. The molecular weight excluding hydrogens is 504 g/mol. The van der Waals surface area contributed by atoms with E-state index in [1.165, 1.54) is 0 Å². The van der Waals surface area contributed by atoms with E-state index in [0.29, 0.717) is 8.95 Å². The summed E-state index contributed by atoms with van der Waals surface area (Å²) >= 11 is 12.2. The summed E-state index contributed by atoms with van der Waals surface area (Å²) < 4.78 is 0.871. The summed E-state index contributed by atoms with van der Waals surface area (Å²) in [6.45, 7) is 0. The van der Waals surface area contributed by atoms with Gasteiger partial charge in [-0.1, -0.05) is 0 Å². The van der Waals surface area contributed by atoms with E-state index < -0.39 is 23.1 Å². The largest absolute Gasteiger partial charge is 2.00 e. The third kappa shape index (κ3) is 3.44. The van der Waals surface area contributed by atoms with Crippen molar-refractivity contribution >= 4 is 98.7 Å². The van der Waals surface area contributed by atoms with Gasteiger partial charge in [0.1, 0.15) is 0 Å². The summed E-state index contributed by atoms with van der Waals surface area (Å²) in [5.74, 6) is -3.22. The topological polar surface area (TPSA) is 80.3 Å². The first-order valence-corrected chi connectivity index (χ1v) is 6.74. The molecule has 4 nitrogen and oxygen atoms in total. The van der Waals surface area contributed by atoms with Crippen LogP contribution in [-0.2, 0) is 0 Å². The number of hydrogen-bond acceptors (Lipinski definition) is 4. The maximum atomic E-state index is 10.9. The smallest absolute Gasteiger partial charge is 0.545 e. The van der Waals surface area contributed by atoms with Crippen LogP contribution in [0.1, 0.15) is 20.7 Å². The third-order valence-electron chi connectivity index (χ3n) is 1.68. The molecule has 9 heteroatoms. The van der Waals surface area contributed by atoms with Gasteiger partial charge in [0.05, 0.1) is 11.9 Å². The molecular formula is C8Br4MgO4. The molecule has 17 heavy (non-hydrogen) atoms. The van der Waals surface area contributed by atoms with Crippen LogP contribution in [0.2, 0.25) is 0 Å². The van der Waals surface area contributed by atoms with E-state index in [9.17, 15) is 19.8 Å². The Bertz CT molecular complexity index is 458. The number of halogens is 4. The fourth-order valence-corrected chi connectivity index (χ4v) is 3.46. The first kappa shape index (κ1) is 17.8. The van der Waals surface area contributed by atoms with Gasteiger partial charge < -0.3 is 19.8 Å². The van der Waals surface area contributed by atoms with E-state index >= 15 is 0 Å². The van der Waals surface area contributed by atoms with Crippen LogP contribution in [0.15, 0.2) is 17.9 Å². The molecule has 0 radical (unpaired) electrons. The molecule has 0 aliphatic rings. The Morgan fingerprint density at radius 1 is 0.706 bits per heavy atom. The van der Waals surface area contributed by atoms with Gasteiger partial charge in [0.15, 0.2) is 0 Å². The molecule has 0 aromatic heterocycles. The maximum Gasteiger partial charge on any atom is 2.00 e. The van der Waals surface area contributed by atoms with Crippen LogP contribution in [0.4, 0.5) is 0 Å². The fourth-order valence-electron chi connectivity index (χ4n) is 1.02. The summed E-state index contributed by atoms with van der Waals surface area (Å²) in [6, 6.07) is 0. The zero-order valence-corrected chi connectivity index (χ0v) is 15.6. The van der Waals surface area contributed by atoms with Crippen LogP contribution < -0.4 is 10.2 Å². The SMILES string of the molecule is O=C([O-])c1c(Br)c(Br)c(Br)c(Br)c1C(=O)[O-].[Mg+2]. The average Bonchev–Trinajstić information content (AvgIpc) is 2.18. The van der Waals surface area contributed by atoms with Crippen LogP contribution in [0.3, 0.4) is 0 Å². The number of carboxylic acid groups (broad SMARTS) is 2. The summed E-state index contributed by atoms with van der Waals surface area (Å²) in [6.07, 6.45) is 0.